The van der Waals surface area contributed by atoms with Gasteiger partial charge in [-0.3, -0.25) is 14.2 Å². The lowest BCUT2D eigenvalue weighted by Gasteiger charge is -2.26. The number of nitrogens with one attached hydrogen (secondary N) is 1. The van der Waals surface area contributed by atoms with Crippen molar-refractivity contribution in [1.82, 2.24) is 9.55 Å². The summed E-state index contributed by atoms with van der Waals surface area (Å²) in [6.07, 6.45) is 6.39. The van der Waals surface area contributed by atoms with Gasteiger partial charge in [-0.05, 0) is 37.5 Å². The minimum Gasteiger partial charge on any atom is -0.325 e. The number of hydrogen-bond acceptors (Lipinski definition) is 5. The third-order valence-corrected chi connectivity index (χ3v) is 7.65. The number of thioether (sulfide) groups is 2. The van der Waals surface area contributed by atoms with Crippen molar-refractivity contribution in [1.29, 1.82) is 0 Å². The molecule has 0 bridgehead atoms. The lowest BCUT2D eigenvalue weighted by Crippen LogP contribution is -2.30. The molecule has 154 valence electrons. The summed E-state index contributed by atoms with van der Waals surface area (Å²) in [6, 6.07) is 7.97. The Kier molecular flexibility index (Phi) is 6.35. The zero-order valence-electron chi connectivity index (χ0n) is 16.9. The maximum Gasteiger partial charge on any atom is 0.268 e. The van der Waals surface area contributed by atoms with Crippen molar-refractivity contribution in [3.05, 3.63) is 45.9 Å². The molecule has 1 aromatic heterocycles. The molecule has 2 aliphatic rings. The first-order valence-electron chi connectivity index (χ1n) is 10.3. The predicted octanol–water partition coefficient (Wildman–Crippen LogP) is 4.82. The van der Waals surface area contributed by atoms with Crippen molar-refractivity contribution in [2.45, 2.75) is 73.7 Å². The Hall–Kier alpha value is -1.73. The molecule has 2 aromatic rings. The normalized spacial score (nSPS) is 19.2. The van der Waals surface area contributed by atoms with E-state index in [1.807, 2.05) is 35.8 Å². The number of anilines is 1. The molecule has 29 heavy (non-hydrogen) atoms. The zero-order valence-corrected chi connectivity index (χ0v) is 18.6. The van der Waals surface area contributed by atoms with Crippen LogP contribution in [-0.2, 0) is 11.2 Å². The van der Waals surface area contributed by atoms with Gasteiger partial charge in [-0.2, -0.15) is 0 Å². The third-order valence-electron chi connectivity index (χ3n) is 5.49. The van der Waals surface area contributed by atoms with Crippen LogP contribution in [0.5, 0.6) is 0 Å². The fourth-order valence-electron chi connectivity index (χ4n) is 4.12. The van der Waals surface area contributed by atoms with Crippen LogP contribution in [0.25, 0.3) is 0 Å². The Morgan fingerprint density at radius 1 is 1.31 bits per heavy atom. The molecular weight excluding hydrogens is 402 g/mol. The summed E-state index contributed by atoms with van der Waals surface area (Å²) in [4.78, 5) is 31.5. The summed E-state index contributed by atoms with van der Waals surface area (Å²) in [5, 5.41) is 4.03. The number of carbonyl (C=O) groups excluding carboxylic acids is 1. The average Bonchev–Trinajstić information content (AvgIpc) is 3.08. The summed E-state index contributed by atoms with van der Waals surface area (Å²) in [6.45, 7) is 4.14. The Morgan fingerprint density at radius 2 is 2.10 bits per heavy atom. The first-order chi connectivity index (χ1) is 14.0. The summed E-state index contributed by atoms with van der Waals surface area (Å²) in [5.41, 5.74) is 2.90. The van der Waals surface area contributed by atoms with Crippen LogP contribution in [0, 0.1) is 6.92 Å². The second kappa shape index (κ2) is 8.96. The van der Waals surface area contributed by atoms with Crippen LogP contribution < -0.4 is 10.9 Å². The summed E-state index contributed by atoms with van der Waals surface area (Å²) < 4.78 is 1.90. The fourth-order valence-corrected chi connectivity index (χ4v) is 6.11. The largest absolute Gasteiger partial charge is 0.325 e. The van der Waals surface area contributed by atoms with E-state index >= 15 is 0 Å². The number of carbonyl (C=O) groups is 1. The van der Waals surface area contributed by atoms with Crippen LogP contribution in [0.4, 0.5) is 5.69 Å². The monoisotopic (exact) mass is 429 g/mol. The van der Waals surface area contributed by atoms with Crippen molar-refractivity contribution < 1.29 is 4.79 Å². The molecule has 1 aromatic carbocycles. The molecule has 1 aliphatic carbocycles. The van der Waals surface area contributed by atoms with Crippen LogP contribution in [0.15, 0.2) is 39.1 Å². The highest BCUT2D eigenvalue weighted by Gasteiger charge is 2.29. The van der Waals surface area contributed by atoms with Gasteiger partial charge in [0.25, 0.3) is 5.56 Å². The molecule has 1 saturated carbocycles. The van der Waals surface area contributed by atoms with E-state index in [0.29, 0.717) is 10.4 Å². The number of nitrogens with zero attached hydrogens (tertiary/aromatic N) is 2. The molecular formula is C22H27N3O2S2. The van der Waals surface area contributed by atoms with Crippen molar-refractivity contribution >= 4 is 35.1 Å². The SMILES string of the molecule is Cc1cccc(NC(=O)CSc2nc3c(c(=O)n2C2CCCCC2)SC(C)C3)c1. The second-order valence-corrected chi connectivity index (χ2v) is 10.4. The zero-order chi connectivity index (χ0) is 20.4. The van der Waals surface area contributed by atoms with E-state index in [9.17, 15) is 9.59 Å². The standard InChI is InChI=1S/C22H27N3O2S2/c1-14-7-6-8-16(11-14)23-19(26)13-28-22-24-18-12-15(2)29-20(18)21(27)25(22)17-9-4-3-5-10-17/h6-8,11,15,17H,3-5,9-10,12-13H2,1-2H3,(H,23,26). The van der Waals surface area contributed by atoms with Crippen molar-refractivity contribution in [3.8, 4) is 0 Å². The topological polar surface area (TPSA) is 64.0 Å². The highest BCUT2D eigenvalue weighted by atomic mass is 32.2. The molecule has 7 heteroatoms. The van der Waals surface area contributed by atoms with E-state index in [1.165, 1.54) is 18.2 Å². The first kappa shape index (κ1) is 20.5. The summed E-state index contributed by atoms with van der Waals surface area (Å²) in [7, 11) is 0. The molecule has 1 N–H and O–H groups in total. The quantitative estimate of drug-likeness (QED) is 0.545. The maximum atomic E-state index is 13.3. The predicted molar refractivity (Wildman–Crippen MR) is 120 cm³/mol. The van der Waals surface area contributed by atoms with Gasteiger partial charge in [0.15, 0.2) is 5.16 Å². The van der Waals surface area contributed by atoms with Crippen LogP contribution in [0.2, 0.25) is 0 Å². The first-order valence-corrected chi connectivity index (χ1v) is 12.2. The number of fused-ring (bicyclic) bond motifs is 1. The Labute approximate surface area is 180 Å². The van der Waals surface area contributed by atoms with Gasteiger partial charge < -0.3 is 5.32 Å². The van der Waals surface area contributed by atoms with Gasteiger partial charge in [0, 0.05) is 23.4 Å². The fraction of sp³-hybridized carbons (Fsp3) is 0.500. The van der Waals surface area contributed by atoms with E-state index in [4.69, 9.17) is 4.98 Å². The Bertz CT molecular complexity index is 967. The minimum atomic E-state index is -0.0757. The Morgan fingerprint density at radius 3 is 2.86 bits per heavy atom. The highest BCUT2D eigenvalue weighted by Crippen LogP contribution is 2.37. The highest BCUT2D eigenvalue weighted by molar-refractivity contribution is 8.00. The molecule has 2 heterocycles. The van der Waals surface area contributed by atoms with Gasteiger partial charge in [0.2, 0.25) is 5.91 Å². The van der Waals surface area contributed by atoms with Gasteiger partial charge in [-0.1, -0.05) is 50.1 Å². The van der Waals surface area contributed by atoms with E-state index in [0.717, 1.165) is 53.9 Å². The van der Waals surface area contributed by atoms with Gasteiger partial charge in [-0.25, -0.2) is 4.98 Å². The number of amides is 1. The van der Waals surface area contributed by atoms with Gasteiger partial charge in [0.1, 0.15) is 0 Å². The average molecular weight is 430 g/mol. The van der Waals surface area contributed by atoms with Crippen molar-refractivity contribution in [2.75, 3.05) is 11.1 Å². The molecule has 5 nitrogen and oxygen atoms in total. The molecule has 4 rings (SSSR count). The van der Waals surface area contributed by atoms with E-state index in [2.05, 4.69) is 12.2 Å². The second-order valence-electron chi connectivity index (χ2n) is 7.98. The third kappa shape index (κ3) is 4.72. The van der Waals surface area contributed by atoms with Gasteiger partial charge in [-0.15, -0.1) is 11.8 Å². The minimum absolute atomic E-state index is 0.0757. The summed E-state index contributed by atoms with van der Waals surface area (Å²) in [5.74, 6) is 0.169. The Balaban J connectivity index is 1.55. The summed E-state index contributed by atoms with van der Waals surface area (Å²) >= 11 is 3.03. The van der Waals surface area contributed by atoms with Gasteiger partial charge in [0.05, 0.1) is 16.3 Å². The van der Waals surface area contributed by atoms with E-state index in [-0.39, 0.29) is 23.3 Å². The van der Waals surface area contributed by atoms with Crippen LogP contribution in [-0.4, -0.2) is 26.5 Å². The van der Waals surface area contributed by atoms with Crippen LogP contribution >= 0.6 is 23.5 Å². The number of hydrogen-bond donors (Lipinski definition) is 1. The maximum absolute atomic E-state index is 13.3. The smallest absolute Gasteiger partial charge is 0.268 e. The molecule has 1 unspecified atom stereocenters. The van der Waals surface area contributed by atoms with Crippen LogP contribution in [0.1, 0.15) is 56.3 Å². The number of aromatic nitrogens is 2. The lowest BCUT2D eigenvalue weighted by molar-refractivity contribution is -0.113. The van der Waals surface area contributed by atoms with E-state index < -0.39 is 0 Å². The molecule has 1 aliphatic heterocycles. The molecule has 1 amide bonds. The number of rotatable bonds is 5. The molecule has 1 fully saturated rings. The van der Waals surface area contributed by atoms with Gasteiger partial charge >= 0.3 is 0 Å². The molecule has 1 atom stereocenters. The number of aryl methyl sites for hydroxylation is 1. The molecule has 0 spiro atoms. The van der Waals surface area contributed by atoms with Crippen molar-refractivity contribution in [3.63, 3.8) is 0 Å². The number of benzene rings is 1. The molecule has 0 saturated heterocycles. The van der Waals surface area contributed by atoms with E-state index in [1.54, 1.807) is 11.8 Å². The van der Waals surface area contributed by atoms with Crippen molar-refractivity contribution in [2.24, 2.45) is 0 Å². The van der Waals surface area contributed by atoms with Crippen LogP contribution in [0.3, 0.4) is 0 Å². The lowest BCUT2D eigenvalue weighted by atomic mass is 9.95. The molecule has 0 radical (unpaired) electrons.